The van der Waals surface area contributed by atoms with E-state index in [2.05, 4.69) is 16.5 Å². The van der Waals surface area contributed by atoms with E-state index in [9.17, 15) is 4.79 Å². The number of halogens is 1. The molecule has 0 aliphatic heterocycles. The van der Waals surface area contributed by atoms with Crippen molar-refractivity contribution in [3.8, 4) is 0 Å². The summed E-state index contributed by atoms with van der Waals surface area (Å²) in [5.74, 6) is 0. The molecule has 3 nitrogen and oxygen atoms in total. The molecular weight excluding hydrogens is 284 g/mol. The highest BCUT2D eigenvalue weighted by atomic mass is 35.5. The molecule has 0 unspecified atom stereocenters. The van der Waals surface area contributed by atoms with E-state index in [-0.39, 0.29) is 0 Å². The van der Waals surface area contributed by atoms with Gasteiger partial charge in [0.25, 0.3) is 0 Å². The molecule has 0 fully saturated rings. The predicted molar refractivity (Wildman–Crippen MR) is 87.3 cm³/mol. The number of benzene rings is 1. The highest BCUT2D eigenvalue weighted by Gasteiger charge is 2.17. The van der Waals surface area contributed by atoms with Gasteiger partial charge in [0.05, 0.1) is 10.5 Å². The third-order valence-electron chi connectivity index (χ3n) is 3.81. The summed E-state index contributed by atoms with van der Waals surface area (Å²) in [6.07, 6.45) is 3.06. The number of carbonyl (C=O) groups excluding carboxylic acids is 1. The van der Waals surface area contributed by atoms with Crippen molar-refractivity contribution in [3.63, 3.8) is 0 Å². The molecule has 0 radical (unpaired) electrons. The molecule has 0 atom stereocenters. The molecule has 0 aliphatic rings. The van der Waals surface area contributed by atoms with Crippen LogP contribution in [0.15, 0.2) is 24.3 Å². The van der Waals surface area contributed by atoms with Gasteiger partial charge in [-0.2, -0.15) is 0 Å². The molecule has 0 amide bonds. The second-order valence-electron chi connectivity index (χ2n) is 5.31. The molecule has 4 heteroatoms. The zero-order valence-corrected chi connectivity index (χ0v) is 12.9. The fourth-order valence-electron chi connectivity index (χ4n) is 2.85. The number of rotatable bonds is 4. The van der Waals surface area contributed by atoms with E-state index >= 15 is 0 Å². The summed E-state index contributed by atoms with van der Waals surface area (Å²) >= 11 is 6.45. The molecule has 0 aliphatic carbocycles. The van der Waals surface area contributed by atoms with Crippen molar-refractivity contribution < 1.29 is 4.79 Å². The number of carbonyl (C=O) groups is 1. The summed E-state index contributed by atoms with van der Waals surface area (Å²) in [4.78, 5) is 16.1. The smallest absolute Gasteiger partial charge is 0.150 e. The normalized spacial score (nSPS) is 11.4. The number of hydrogen-bond donors (Lipinski definition) is 0. The van der Waals surface area contributed by atoms with Gasteiger partial charge < -0.3 is 4.57 Å². The van der Waals surface area contributed by atoms with Crippen LogP contribution in [0.2, 0.25) is 5.02 Å². The summed E-state index contributed by atoms with van der Waals surface area (Å²) in [7, 11) is 0. The molecule has 0 saturated heterocycles. The zero-order valence-electron chi connectivity index (χ0n) is 12.2. The van der Waals surface area contributed by atoms with E-state index in [1.807, 2.05) is 31.2 Å². The van der Waals surface area contributed by atoms with Crippen molar-refractivity contribution in [1.82, 2.24) is 9.55 Å². The Hall–Kier alpha value is -1.87. The Bertz CT molecular complexity index is 836. The number of unbranched alkanes of at least 4 members (excludes halogenated alkanes) is 1. The molecule has 3 aromatic rings. The molecule has 21 heavy (non-hydrogen) atoms. The van der Waals surface area contributed by atoms with Crippen molar-refractivity contribution in [3.05, 3.63) is 40.5 Å². The van der Waals surface area contributed by atoms with E-state index < -0.39 is 0 Å². The minimum Gasteiger partial charge on any atom is -0.325 e. The summed E-state index contributed by atoms with van der Waals surface area (Å²) in [6.45, 7) is 4.98. The number of aromatic nitrogens is 2. The molecule has 108 valence electrons. The summed E-state index contributed by atoms with van der Waals surface area (Å²) < 4.78 is 2.18. The Morgan fingerprint density at radius 1 is 1.33 bits per heavy atom. The molecule has 0 N–H and O–H groups in total. The number of aryl methyl sites for hydroxylation is 2. The van der Waals surface area contributed by atoms with Crippen molar-refractivity contribution in [1.29, 1.82) is 0 Å². The van der Waals surface area contributed by atoms with E-state index in [4.69, 9.17) is 11.6 Å². The van der Waals surface area contributed by atoms with Crippen LogP contribution in [0.5, 0.6) is 0 Å². The lowest BCUT2D eigenvalue weighted by molar-refractivity contribution is 0.112. The van der Waals surface area contributed by atoms with Crippen LogP contribution in [0, 0.1) is 6.92 Å². The minimum atomic E-state index is 0.659. The standard InChI is InChI=1S/C17H17ClN2O/c1-3-4-8-20-14-7-5-6-12(10-21)15(14)16-13(18)9-11(2)19-17(16)20/h5-7,9-10H,3-4,8H2,1-2H3. The number of nitrogens with zero attached hydrogens (tertiary/aromatic N) is 2. The SMILES string of the molecule is CCCCn1c2cccc(C=O)c2c2c(Cl)cc(C)nc21. The zero-order chi connectivity index (χ0) is 15.0. The first-order chi connectivity index (χ1) is 10.2. The molecule has 0 bridgehead atoms. The lowest BCUT2D eigenvalue weighted by Gasteiger charge is -2.06. The van der Waals surface area contributed by atoms with Gasteiger partial charge in [-0.15, -0.1) is 0 Å². The van der Waals surface area contributed by atoms with E-state index in [1.54, 1.807) is 0 Å². The van der Waals surface area contributed by atoms with Crippen LogP contribution >= 0.6 is 11.6 Å². The molecule has 0 saturated carbocycles. The van der Waals surface area contributed by atoms with Crippen LogP contribution in [0.4, 0.5) is 0 Å². The average Bonchev–Trinajstić information content (AvgIpc) is 2.78. The topological polar surface area (TPSA) is 34.9 Å². The van der Waals surface area contributed by atoms with Gasteiger partial charge in [-0.25, -0.2) is 4.98 Å². The predicted octanol–water partition coefficient (Wildman–Crippen LogP) is 4.76. The fraction of sp³-hybridized carbons (Fsp3) is 0.294. The number of aldehydes is 1. The van der Waals surface area contributed by atoms with Crippen LogP contribution in [0.25, 0.3) is 21.9 Å². The van der Waals surface area contributed by atoms with Gasteiger partial charge in [0, 0.05) is 28.6 Å². The Labute approximate surface area is 128 Å². The third kappa shape index (κ3) is 2.22. The van der Waals surface area contributed by atoms with Crippen molar-refractivity contribution >= 4 is 39.8 Å². The van der Waals surface area contributed by atoms with Gasteiger partial charge in [-0.1, -0.05) is 37.1 Å². The Kier molecular flexibility index (Phi) is 3.68. The molecule has 3 rings (SSSR count). The minimum absolute atomic E-state index is 0.659. The van der Waals surface area contributed by atoms with E-state index in [0.29, 0.717) is 10.6 Å². The summed E-state index contributed by atoms with van der Waals surface area (Å²) in [5, 5.41) is 2.46. The molecule has 0 spiro atoms. The van der Waals surface area contributed by atoms with Crippen LogP contribution in [0.3, 0.4) is 0 Å². The summed E-state index contributed by atoms with van der Waals surface area (Å²) in [6, 6.07) is 7.63. The molecule has 2 aromatic heterocycles. The molecular formula is C17H17ClN2O. The number of hydrogen-bond acceptors (Lipinski definition) is 2. The lowest BCUT2D eigenvalue weighted by atomic mass is 10.1. The van der Waals surface area contributed by atoms with Crippen LogP contribution in [0.1, 0.15) is 35.8 Å². The number of pyridine rings is 1. The van der Waals surface area contributed by atoms with Crippen LogP contribution in [-0.4, -0.2) is 15.8 Å². The maximum absolute atomic E-state index is 11.4. The van der Waals surface area contributed by atoms with Crippen molar-refractivity contribution in [2.75, 3.05) is 0 Å². The maximum atomic E-state index is 11.4. The summed E-state index contributed by atoms with van der Waals surface area (Å²) in [5.41, 5.74) is 3.46. The first-order valence-electron chi connectivity index (χ1n) is 7.20. The first-order valence-corrected chi connectivity index (χ1v) is 7.58. The Balaban J connectivity index is 2.49. The first kappa shape index (κ1) is 14.1. The Morgan fingerprint density at radius 2 is 2.14 bits per heavy atom. The second kappa shape index (κ2) is 5.49. The monoisotopic (exact) mass is 300 g/mol. The van der Waals surface area contributed by atoms with Gasteiger partial charge in [0.15, 0.2) is 6.29 Å². The van der Waals surface area contributed by atoms with Gasteiger partial charge in [0.1, 0.15) is 5.65 Å². The highest BCUT2D eigenvalue weighted by Crippen LogP contribution is 2.35. The van der Waals surface area contributed by atoms with Crippen molar-refractivity contribution in [2.24, 2.45) is 0 Å². The van der Waals surface area contributed by atoms with Gasteiger partial charge in [-0.3, -0.25) is 4.79 Å². The van der Waals surface area contributed by atoms with Gasteiger partial charge >= 0.3 is 0 Å². The average molecular weight is 301 g/mol. The quantitative estimate of drug-likeness (QED) is 0.651. The van der Waals surface area contributed by atoms with Gasteiger partial charge in [0.2, 0.25) is 0 Å². The second-order valence-corrected chi connectivity index (χ2v) is 5.72. The number of fused-ring (bicyclic) bond motifs is 3. The fourth-order valence-corrected chi connectivity index (χ4v) is 3.19. The molecule has 2 heterocycles. The van der Waals surface area contributed by atoms with E-state index in [1.165, 1.54) is 0 Å². The van der Waals surface area contributed by atoms with Gasteiger partial charge in [-0.05, 0) is 25.5 Å². The van der Waals surface area contributed by atoms with Crippen LogP contribution in [-0.2, 0) is 6.54 Å². The maximum Gasteiger partial charge on any atom is 0.150 e. The largest absolute Gasteiger partial charge is 0.325 e. The highest BCUT2D eigenvalue weighted by molar-refractivity contribution is 6.38. The lowest BCUT2D eigenvalue weighted by Crippen LogP contribution is -1.99. The van der Waals surface area contributed by atoms with Crippen molar-refractivity contribution in [2.45, 2.75) is 33.2 Å². The third-order valence-corrected chi connectivity index (χ3v) is 4.11. The van der Waals surface area contributed by atoms with E-state index in [0.717, 1.165) is 53.3 Å². The molecule has 1 aromatic carbocycles. The Morgan fingerprint density at radius 3 is 2.86 bits per heavy atom. The van der Waals surface area contributed by atoms with Crippen LogP contribution < -0.4 is 0 Å².